The summed E-state index contributed by atoms with van der Waals surface area (Å²) < 4.78 is 0. The van der Waals surface area contributed by atoms with E-state index in [1.807, 2.05) is 13.8 Å². The molecule has 1 rings (SSSR count). The van der Waals surface area contributed by atoms with Crippen LogP contribution in [0.4, 0.5) is 5.69 Å². The molecular weight excluding hydrogens is 226 g/mol. The third kappa shape index (κ3) is 3.23. The molecule has 0 aromatic carbocycles. The first kappa shape index (κ1) is 12.5. The molecule has 6 heteroatoms. The maximum atomic E-state index is 11.6. The van der Waals surface area contributed by atoms with Crippen molar-refractivity contribution < 1.29 is 9.59 Å². The molecule has 0 fully saturated rings. The average molecular weight is 241 g/mol. The number of aryl methyl sites for hydroxylation is 1. The number of anilines is 1. The van der Waals surface area contributed by atoms with Crippen LogP contribution >= 0.6 is 11.3 Å². The Balaban J connectivity index is 2.50. The Kier molecular flexibility index (Phi) is 4.30. The van der Waals surface area contributed by atoms with Crippen molar-refractivity contribution in [1.29, 1.82) is 0 Å². The van der Waals surface area contributed by atoms with E-state index in [0.29, 0.717) is 17.1 Å². The number of carbonyl (C=O) groups excluding carboxylic acids is 2. The first-order valence-electron chi connectivity index (χ1n) is 4.95. The molecule has 0 spiro atoms. The zero-order valence-corrected chi connectivity index (χ0v) is 10.1. The highest BCUT2D eigenvalue weighted by atomic mass is 32.1. The summed E-state index contributed by atoms with van der Waals surface area (Å²) >= 11 is 1.32. The Morgan fingerprint density at radius 1 is 1.44 bits per heavy atom. The molecule has 1 heterocycles. The number of carbonyl (C=O) groups is 2. The van der Waals surface area contributed by atoms with Gasteiger partial charge in [-0.1, -0.05) is 0 Å². The highest BCUT2D eigenvalue weighted by Gasteiger charge is 2.11. The van der Waals surface area contributed by atoms with Crippen molar-refractivity contribution in [3.63, 3.8) is 0 Å². The molecule has 0 atom stereocenters. The van der Waals surface area contributed by atoms with Crippen molar-refractivity contribution in [2.24, 2.45) is 0 Å². The topological polar surface area (TPSA) is 84.2 Å². The second-order valence-corrected chi connectivity index (χ2v) is 4.51. The lowest BCUT2D eigenvalue weighted by Crippen LogP contribution is -2.36. The van der Waals surface area contributed by atoms with Crippen LogP contribution in [-0.4, -0.2) is 24.9 Å². The first-order chi connectivity index (χ1) is 7.54. The third-order valence-electron chi connectivity index (χ3n) is 1.96. The maximum Gasteiger partial charge on any atom is 0.261 e. The van der Waals surface area contributed by atoms with Gasteiger partial charge in [0.15, 0.2) is 0 Å². The van der Waals surface area contributed by atoms with Gasteiger partial charge in [0.05, 0.1) is 11.4 Å². The lowest BCUT2D eigenvalue weighted by molar-refractivity contribution is -0.120. The molecule has 0 bridgehead atoms. The van der Waals surface area contributed by atoms with Crippen LogP contribution in [0.3, 0.4) is 0 Å². The zero-order valence-electron chi connectivity index (χ0n) is 9.29. The molecule has 0 unspecified atom stereocenters. The lowest BCUT2D eigenvalue weighted by atomic mass is 10.3. The van der Waals surface area contributed by atoms with Crippen LogP contribution in [0.5, 0.6) is 0 Å². The number of nitrogens with one attached hydrogen (secondary N) is 2. The first-order valence-corrected chi connectivity index (χ1v) is 5.77. The fraction of sp³-hybridized carbons (Fsp3) is 0.400. The normalized spacial score (nSPS) is 9.88. The van der Waals surface area contributed by atoms with Crippen LogP contribution in [0.15, 0.2) is 6.07 Å². The predicted octanol–water partition coefficient (Wildman–Crippen LogP) is 0.505. The van der Waals surface area contributed by atoms with E-state index in [1.165, 1.54) is 11.3 Å². The molecular formula is C10H15N3O2S. The van der Waals surface area contributed by atoms with Gasteiger partial charge in [0.2, 0.25) is 5.91 Å². The quantitative estimate of drug-likeness (QED) is 0.718. The number of amides is 2. The van der Waals surface area contributed by atoms with E-state index in [4.69, 9.17) is 5.73 Å². The van der Waals surface area contributed by atoms with E-state index in [0.717, 1.165) is 4.88 Å². The van der Waals surface area contributed by atoms with Gasteiger partial charge in [-0.25, -0.2) is 0 Å². The molecule has 0 saturated heterocycles. The summed E-state index contributed by atoms with van der Waals surface area (Å²) in [6.07, 6.45) is 0. The second-order valence-electron chi connectivity index (χ2n) is 3.26. The molecule has 4 N–H and O–H groups in total. The second kappa shape index (κ2) is 5.50. The number of likely N-dealkylation sites (N-methyl/N-ethyl adjacent to an activating group) is 1. The van der Waals surface area contributed by atoms with Crippen LogP contribution in [0.25, 0.3) is 0 Å². The van der Waals surface area contributed by atoms with Gasteiger partial charge in [-0.05, 0) is 19.9 Å². The summed E-state index contributed by atoms with van der Waals surface area (Å²) in [4.78, 5) is 24.1. The van der Waals surface area contributed by atoms with Gasteiger partial charge in [0.25, 0.3) is 5.91 Å². The third-order valence-corrected chi connectivity index (χ3v) is 3.03. The van der Waals surface area contributed by atoms with Crippen LogP contribution in [0.1, 0.15) is 21.5 Å². The van der Waals surface area contributed by atoms with E-state index in [2.05, 4.69) is 10.6 Å². The SMILES string of the molecule is CCNC(=O)CNC(=O)c1cc(N)c(C)s1. The van der Waals surface area contributed by atoms with Crippen molar-refractivity contribution in [3.8, 4) is 0 Å². The van der Waals surface area contributed by atoms with Crippen LogP contribution in [0, 0.1) is 6.92 Å². The van der Waals surface area contributed by atoms with E-state index >= 15 is 0 Å². The van der Waals surface area contributed by atoms with Gasteiger partial charge in [0.1, 0.15) is 0 Å². The van der Waals surface area contributed by atoms with E-state index < -0.39 is 0 Å². The van der Waals surface area contributed by atoms with Gasteiger partial charge in [-0.15, -0.1) is 11.3 Å². The van der Waals surface area contributed by atoms with Crippen LogP contribution in [-0.2, 0) is 4.79 Å². The van der Waals surface area contributed by atoms with Gasteiger partial charge < -0.3 is 16.4 Å². The molecule has 0 aliphatic carbocycles. The summed E-state index contributed by atoms with van der Waals surface area (Å²) in [5.74, 6) is -0.465. The Morgan fingerprint density at radius 3 is 2.62 bits per heavy atom. The minimum absolute atomic E-state index is 0.0104. The highest BCUT2D eigenvalue weighted by molar-refractivity contribution is 7.14. The largest absolute Gasteiger partial charge is 0.398 e. The molecule has 0 saturated carbocycles. The summed E-state index contributed by atoms with van der Waals surface area (Å²) in [6.45, 7) is 4.22. The number of hydrogen-bond acceptors (Lipinski definition) is 4. The van der Waals surface area contributed by atoms with Crippen molar-refractivity contribution in [1.82, 2.24) is 10.6 Å². The predicted molar refractivity (Wildman–Crippen MR) is 64.5 cm³/mol. The fourth-order valence-corrected chi connectivity index (χ4v) is 1.97. The standard InChI is InChI=1S/C10H15N3O2S/c1-3-12-9(14)5-13-10(15)8-4-7(11)6(2)16-8/h4H,3,5,11H2,1-2H3,(H,12,14)(H,13,15). The number of rotatable bonds is 4. The smallest absolute Gasteiger partial charge is 0.261 e. The van der Waals surface area contributed by atoms with E-state index in [1.54, 1.807) is 6.07 Å². The van der Waals surface area contributed by atoms with Gasteiger partial charge in [-0.2, -0.15) is 0 Å². The average Bonchev–Trinajstić information content (AvgIpc) is 2.56. The molecule has 5 nitrogen and oxygen atoms in total. The van der Waals surface area contributed by atoms with Gasteiger partial charge >= 0.3 is 0 Å². The van der Waals surface area contributed by atoms with E-state index in [9.17, 15) is 9.59 Å². The molecule has 0 radical (unpaired) electrons. The molecule has 16 heavy (non-hydrogen) atoms. The fourth-order valence-electron chi connectivity index (χ4n) is 1.12. The van der Waals surface area contributed by atoms with Crippen LogP contribution < -0.4 is 16.4 Å². The molecule has 1 aromatic rings. The van der Waals surface area contributed by atoms with Crippen molar-refractivity contribution in [3.05, 3.63) is 15.8 Å². The molecule has 0 aliphatic heterocycles. The van der Waals surface area contributed by atoms with Gasteiger partial charge in [-0.3, -0.25) is 9.59 Å². The minimum atomic E-state index is -0.268. The Bertz CT molecular complexity index is 381. The van der Waals surface area contributed by atoms with Crippen molar-refractivity contribution >= 4 is 28.8 Å². The monoisotopic (exact) mass is 241 g/mol. The summed E-state index contributed by atoms with van der Waals surface area (Å²) in [6, 6.07) is 1.62. The van der Waals surface area contributed by atoms with Crippen LogP contribution in [0.2, 0.25) is 0 Å². The summed E-state index contributed by atoms with van der Waals surface area (Å²) in [7, 11) is 0. The number of hydrogen-bond donors (Lipinski definition) is 3. The van der Waals surface area contributed by atoms with E-state index in [-0.39, 0.29) is 18.4 Å². The Morgan fingerprint density at radius 2 is 2.12 bits per heavy atom. The number of nitrogen functional groups attached to an aromatic ring is 1. The zero-order chi connectivity index (χ0) is 12.1. The summed E-state index contributed by atoms with van der Waals surface area (Å²) in [5, 5.41) is 5.12. The Labute approximate surface area is 98.0 Å². The van der Waals surface area contributed by atoms with Gasteiger partial charge in [0, 0.05) is 17.1 Å². The number of thiophene rings is 1. The molecule has 2 amide bonds. The minimum Gasteiger partial charge on any atom is -0.398 e. The molecule has 1 aromatic heterocycles. The number of nitrogens with two attached hydrogens (primary N) is 1. The molecule has 88 valence electrons. The summed E-state index contributed by atoms with van der Waals surface area (Å²) in [5.41, 5.74) is 6.24. The maximum absolute atomic E-state index is 11.6. The highest BCUT2D eigenvalue weighted by Crippen LogP contribution is 2.22. The van der Waals surface area contributed by atoms with Crippen molar-refractivity contribution in [2.45, 2.75) is 13.8 Å². The molecule has 0 aliphatic rings. The lowest BCUT2D eigenvalue weighted by Gasteiger charge is -2.03. The Hall–Kier alpha value is -1.56. The van der Waals surface area contributed by atoms with Crippen molar-refractivity contribution in [2.75, 3.05) is 18.8 Å².